The third-order valence-corrected chi connectivity index (χ3v) is 6.69. The molecule has 1 aliphatic carbocycles. The van der Waals surface area contributed by atoms with Crippen LogP contribution in [0.5, 0.6) is 11.5 Å². The maximum absolute atomic E-state index is 11.0. The van der Waals surface area contributed by atoms with Crippen molar-refractivity contribution in [3.63, 3.8) is 0 Å². The fourth-order valence-electron chi connectivity index (χ4n) is 4.50. The summed E-state index contributed by atoms with van der Waals surface area (Å²) in [6.07, 6.45) is 8.07. The first-order chi connectivity index (χ1) is 15.0. The molecule has 0 fully saturated rings. The molecular formula is C29H40O4. The summed E-state index contributed by atoms with van der Waals surface area (Å²) in [6, 6.07) is 9.52. The van der Waals surface area contributed by atoms with Crippen molar-refractivity contribution in [2.24, 2.45) is 0 Å². The first kappa shape index (κ1) is 26.5. The van der Waals surface area contributed by atoms with Crippen LogP contribution in [0.4, 0.5) is 0 Å². The lowest BCUT2D eigenvalue weighted by Gasteiger charge is -2.42. The smallest absolute Gasteiger partial charge is 0.328 e. The molecule has 2 aromatic carbocycles. The minimum Gasteiger partial charge on any atom is -0.507 e. The Balaban J connectivity index is 0.00000385. The number of unbranched alkanes of at least 4 members (excludes halogenated alkanes) is 2. The van der Waals surface area contributed by atoms with Crippen LogP contribution >= 0.6 is 0 Å². The van der Waals surface area contributed by atoms with Gasteiger partial charge < -0.3 is 14.9 Å². The van der Waals surface area contributed by atoms with E-state index in [1.165, 1.54) is 11.1 Å². The first-order valence-electron chi connectivity index (χ1n) is 11.6. The zero-order valence-electron chi connectivity index (χ0n) is 20.0. The molecule has 4 heteroatoms. The Morgan fingerprint density at radius 1 is 1.00 bits per heavy atom. The molecule has 0 saturated heterocycles. The van der Waals surface area contributed by atoms with Crippen molar-refractivity contribution in [3.05, 3.63) is 53.1 Å². The molecule has 0 atom stereocenters. The van der Waals surface area contributed by atoms with E-state index < -0.39 is 5.97 Å². The van der Waals surface area contributed by atoms with E-state index in [1.54, 1.807) is 18.2 Å². The molecule has 4 nitrogen and oxygen atoms in total. The molecule has 0 unspecified atom stereocenters. The number of carboxylic acids is 1. The molecule has 3 rings (SSSR count). The van der Waals surface area contributed by atoms with Gasteiger partial charge in [-0.3, -0.25) is 0 Å². The van der Waals surface area contributed by atoms with E-state index >= 15 is 0 Å². The van der Waals surface area contributed by atoms with Gasteiger partial charge in [0.25, 0.3) is 0 Å². The van der Waals surface area contributed by atoms with Crippen molar-refractivity contribution < 1.29 is 19.7 Å². The number of phenolic OH excluding ortho intramolecular Hbond substituents is 1. The largest absolute Gasteiger partial charge is 0.507 e. The summed E-state index contributed by atoms with van der Waals surface area (Å²) in [5.41, 5.74) is 4.91. The van der Waals surface area contributed by atoms with E-state index in [1.807, 2.05) is 6.07 Å². The average Bonchev–Trinajstić information content (AvgIpc) is 2.73. The number of carbonyl (C=O) groups is 1. The standard InChI is InChI=1S/C28H36O4.CH4/c1-6-7-8-15-32-25-18-23-22(27(2,3)13-14-28(23,4)5)17-21(25)20-16-19(9-11-24(20)29)10-12-26(30)31;/h9-12,16-18,29H,6-8,13-15H2,1-5H3,(H,30,31);1H4/b12-10+;. The van der Waals surface area contributed by atoms with Crippen LogP contribution in [-0.2, 0) is 15.6 Å². The molecule has 0 radical (unpaired) electrons. The number of benzene rings is 2. The molecule has 180 valence electrons. The number of carboxylic acid groups (broad SMARTS) is 1. The summed E-state index contributed by atoms with van der Waals surface area (Å²) in [6.45, 7) is 11.9. The van der Waals surface area contributed by atoms with E-state index in [9.17, 15) is 9.90 Å². The van der Waals surface area contributed by atoms with Gasteiger partial charge in [0.15, 0.2) is 0 Å². The lowest BCUT2D eigenvalue weighted by Crippen LogP contribution is -2.34. The Morgan fingerprint density at radius 3 is 2.24 bits per heavy atom. The lowest BCUT2D eigenvalue weighted by molar-refractivity contribution is -0.131. The highest BCUT2D eigenvalue weighted by molar-refractivity contribution is 5.86. The van der Waals surface area contributed by atoms with Crippen LogP contribution in [0.3, 0.4) is 0 Å². The predicted octanol–water partition coefficient (Wildman–Crippen LogP) is 7.71. The van der Waals surface area contributed by atoms with Crippen molar-refractivity contribution in [2.45, 2.75) is 85.0 Å². The Bertz CT molecular complexity index is 1010. The third kappa shape index (κ3) is 5.98. The summed E-state index contributed by atoms with van der Waals surface area (Å²) in [7, 11) is 0. The minimum atomic E-state index is -1.00. The van der Waals surface area contributed by atoms with Crippen molar-refractivity contribution in [1.29, 1.82) is 0 Å². The van der Waals surface area contributed by atoms with Gasteiger partial charge in [0.05, 0.1) is 6.61 Å². The van der Waals surface area contributed by atoms with Crippen molar-refractivity contribution in [2.75, 3.05) is 6.61 Å². The van der Waals surface area contributed by atoms with E-state index in [-0.39, 0.29) is 24.0 Å². The van der Waals surface area contributed by atoms with Gasteiger partial charge in [-0.05, 0) is 77.1 Å². The quantitative estimate of drug-likeness (QED) is 0.318. The topological polar surface area (TPSA) is 66.8 Å². The van der Waals surface area contributed by atoms with E-state index in [0.717, 1.165) is 55.1 Å². The number of aromatic hydroxyl groups is 1. The zero-order chi connectivity index (χ0) is 23.5. The summed E-state index contributed by atoms with van der Waals surface area (Å²) in [4.78, 5) is 11.0. The van der Waals surface area contributed by atoms with Gasteiger partial charge in [-0.1, -0.05) is 61.0 Å². The second-order valence-electron chi connectivity index (χ2n) is 10.2. The van der Waals surface area contributed by atoms with Gasteiger partial charge >= 0.3 is 5.97 Å². The predicted molar refractivity (Wildman–Crippen MR) is 137 cm³/mol. The molecule has 0 aromatic heterocycles. The molecule has 0 bridgehead atoms. The van der Waals surface area contributed by atoms with Crippen molar-refractivity contribution in [3.8, 4) is 22.6 Å². The second-order valence-corrected chi connectivity index (χ2v) is 10.2. The van der Waals surface area contributed by atoms with Gasteiger partial charge in [0, 0.05) is 17.2 Å². The summed E-state index contributed by atoms with van der Waals surface area (Å²) in [5.74, 6) is -0.0682. The lowest BCUT2D eigenvalue weighted by atomic mass is 9.62. The highest BCUT2D eigenvalue weighted by atomic mass is 16.5. The highest BCUT2D eigenvalue weighted by Gasteiger charge is 2.38. The molecule has 33 heavy (non-hydrogen) atoms. The Labute approximate surface area is 199 Å². The van der Waals surface area contributed by atoms with Gasteiger partial charge in [-0.2, -0.15) is 0 Å². The highest BCUT2D eigenvalue weighted by Crippen LogP contribution is 2.50. The third-order valence-electron chi connectivity index (χ3n) is 6.69. The molecule has 0 saturated carbocycles. The second kappa shape index (κ2) is 10.5. The summed E-state index contributed by atoms with van der Waals surface area (Å²) < 4.78 is 6.29. The molecule has 0 heterocycles. The number of ether oxygens (including phenoxy) is 1. The molecular weight excluding hydrogens is 412 g/mol. The molecule has 2 aromatic rings. The van der Waals surface area contributed by atoms with Crippen LogP contribution in [0, 0.1) is 0 Å². The fraction of sp³-hybridized carbons (Fsp3) is 0.483. The Hall–Kier alpha value is -2.75. The molecule has 1 aliphatic rings. The van der Waals surface area contributed by atoms with Crippen LogP contribution in [0.2, 0.25) is 0 Å². The van der Waals surface area contributed by atoms with E-state index in [4.69, 9.17) is 9.84 Å². The van der Waals surface area contributed by atoms with E-state index in [0.29, 0.717) is 12.2 Å². The van der Waals surface area contributed by atoms with Crippen LogP contribution in [0.15, 0.2) is 36.4 Å². The van der Waals surface area contributed by atoms with Crippen LogP contribution in [0.25, 0.3) is 17.2 Å². The SMILES string of the molecule is C.CCCCCOc1cc2c(cc1-c1cc(/C=C/C(=O)O)ccc1O)C(C)(C)CCC2(C)C. The normalized spacial score (nSPS) is 16.2. The first-order valence-corrected chi connectivity index (χ1v) is 11.6. The number of hydrogen-bond acceptors (Lipinski definition) is 3. The zero-order valence-corrected chi connectivity index (χ0v) is 20.0. The van der Waals surface area contributed by atoms with Gasteiger partial charge in [-0.15, -0.1) is 0 Å². The molecule has 0 amide bonds. The van der Waals surface area contributed by atoms with Gasteiger partial charge in [0.1, 0.15) is 11.5 Å². The average molecular weight is 453 g/mol. The Morgan fingerprint density at radius 2 is 1.64 bits per heavy atom. The maximum atomic E-state index is 11.0. The van der Waals surface area contributed by atoms with Gasteiger partial charge in [-0.25, -0.2) is 4.79 Å². The van der Waals surface area contributed by atoms with E-state index in [2.05, 4.69) is 46.8 Å². The number of fused-ring (bicyclic) bond motifs is 1. The molecule has 0 spiro atoms. The van der Waals surface area contributed by atoms with Crippen LogP contribution in [0.1, 0.15) is 90.8 Å². The summed E-state index contributed by atoms with van der Waals surface area (Å²) >= 11 is 0. The van der Waals surface area contributed by atoms with Gasteiger partial charge in [0.2, 0.25) is 0 Å². The van der Waals surface area contributed by atoms with Crippen LogP contribution < -0.4 is 4.74 Å². The van der Waals surface area contributed by atoms with Crippen molar-refractivity contribution in [1.82, 2.24) is 0 Å². The fourth-order valence-corrected chi connectivity index (χ4v) is 4.50. The Kier molecular flexibility index (Phi) is 8.40. The number of aliphatic carboxylic acids is 1. The number of rotatable bonds is 8. The minimum absolute atomic E-state index is 0. The van der Waals surface area contributed by atoms with Crippen LogP contribution in [-0.4, -0.2) is 22.8 Å². The monoisotopic (exact) mass is 452 g/mol. The summed E-state index contributed by atoms with van der Waals surface area (Å²) in [5, 5.41) is 19.7. The molecule has 2 N–H and O–H groups in total. The number of hydrogen-bond donors (Lipinski definition) is 2. The number of phenols is 1. The molecule has 0 aliphatic heterocycles. The maximum Gasteiger partial charge on any atom is 0.328 e. The van der Waals surface area contributed by atoms with Crippen molar-refractivity contribution >= 4 is 12.0 Å².